The third-order valence-corrected chi connectivity index (χ3v) is 12.6. The lowest BCUT2D eigenvalue weighted by Crippen LogP contribution is -2.43. The number of rotatable bonds is 6. The van der Waals surface area contributed by atoms with Crippen molar-refractivity contribution in [2.45, 2.75) is 84.5 Å². The highest BCUT2D eigenvalue weighted by Gasteiger charge is 2.41. The first-order chi connectivity index (χ1) is 14.4. The second-order valence-corrected chi connectivity index (χ2v) is 15.4. The van der Waals surface area contributed by atoms with E-state index in [-0.39, 0.29) is 5.91 Å². The van der Waals surface area contributed by atoms with Crippen LogP contribution in [0.3, 0.4) is 0 Å². The van der Waals surface area contributed by atoms with Crippen LogP contribution in [0.5, 0.6) is 0 Å². The number of hydrogen-bond donors (Lipinski definition) is 1. The molecule has 0 aliphatic rings. The fourth-order valence-electron chi connectivity index (χ4n) is 4.59. The van der Waals surface area contributed by atoms with Crippen LogP contribution in [0.2, 0.25) is 16.6 Å². The molecule has 31 heavy (non-hydrogen) atoms. The van der Waals surface area contributed by atoms with Gasteiger partial charge in [0.2, 0.25) is 0 Å². The minimum absolute atomic E-state index is 0.179. The Morgan fingerprint density at radius 3 is 2.16 bits per heavy atom. The van der Waals surface area contributed by atoms with Gasteiger partial charge in [-0.3, -0.25) is 9.78 Å². The number of hydrogen-bond acceptors (Lipinski definition) is 3. The maximum atomic E-state index is 13.3. The van der Waals surface area contributed by atoms with Crippen LogP contribution in [0, 0.1) is 18.4 Å². The van der Waals surface area contributed by atoms with Crippen LogP contribution in [0.1, 0.15) is 82.7 Å². The molecule has 0 radical (unpaired) electrons. The molecule has 4 nitrogen and oxygen atoms in total. The Morgan fingerprint density at radius 2 is 1.65 bits per heavy atom. The standard InChI is InChI=1S/C26H37N3OSi/c1-18(2)31(19(3)4,20(5)6)15-13-23-22(16-21(7)17-28-23)25(30)29-26(8,9)24-12-10-11-14-27-24/h10-12,14,16-20H,1-9H3,(H,29,30). The quantitative estimate of drug-likeness (QED) is 0.446. The summed E-state index contributed by atoms with van der Waals surface area (Å²) >= 11 is 0. The van der Waals surface area contributed by atoms with Crippen molar-refractivity contribution in [1.29, 1.82) is 0 Å². The third-order valence-electron chi connectivity index (χ3n) is 6.26. The van der Waals surface area contributed by atoms with Crippen molar-refractivity contribution in [2.24, 2.45) is 0 Å². The molecular weight excluding hydrogens is 398 g/mol. The Kier molecular flexibility index (Phi) is 7.83. The van der Waals surface area contributed by atoms with Gasteiger partial charge in [-0.25, -0.2) is 4.98 Å². The van der Waals surface area contributed by atoms with E-state index in [0.29, 0.717) is 27.9 Å². The number of amides is 1. The van der Waals surface area contributed by atoms with E-state index in [4.69, 9.17) is 0 Å². The SMILES string of the molecule is Cc1cnc(C#C[Si](C(C)C)(C(C)C)C(C)C)c(C(=O)NC(C)(C)c2ccccn2)c1. The monoisotopic (exact) mass is 435 g/mol. The fraction of sp³-hybridized carbons (Fsp3) is 0.500. The molecule has 1 N–H and O–H groups in total. The Bertz CT molecular complexity index is 947. The second-order valence-electron chi connectivity index (χ2n) is 9.85. The minimum atomic E-state index is -1.92. The summed E-state index contributed by atoms with van der Waals surface area (Å²) in [4.78, 5) is 22.3. The van der Waals surface area contributed by atoms with Crippen molar-refractivity contribution in [3.05, 3.63) is 59.2 Å². The Balaban J connectivity index is 2.48. The zero-order chi connectivity index (χ0) is 23.4. The summed E-state index contributed by atoms with van der Waals surface area (Å²) in [5.74, 6) is 3.18. The molecule has 2 aromatic rings. The summed E-state index contributed by atoms with van der Waals surface area (Å²) in [5.41, 5.74) is 7.46. The molecule has 0 aliphatic carbocycles. The molecule has 0 saturated carbocycles. The van der Waals surface area contributed by atoms with Crippen LogP contribution >= 0.6 is 0 Å². The van der Waals surface area contributed by atoms with Crippen molar-refractivity contribution >= 4 is 14.0 Å². The molecule has 166 valence electrons. The summed E-state index contributed by atoms with van der Waals surface area (Å²) < 4.78 is 0. The molecule has 0 aromatic carbocycles. The molecule has 0 spiro atoms. The summed E-state index contributed by atoms with van der Waals surface area (Å²) in [6.07, 6.45) is 3.52. The van der Waals surface area contributed by atoms with Crippen LogP contribution in [0.15, 0.2) is 36.7 Å². The molecule has 5 heteroatoms. The molecule has 2 rings (SSSR count). The van der Waals surface area contributed by atoms with Gasteiger partial charge in [0.05, 0.1) is 16.8 Å². The van der Waals surface area contributed by atoms with Gasteiger partial charge in [0.15, 0.2) is 0 Å². The van der Waals surface area contributed by atoms with Crippen LogP contribution in [0.25, 0.3) is 0 Å². The van der Waals surface area contributed by atoms with Gasteiger partial charge in [-0.2, -0.15) is 0 Å². The Morgan fingerprint density at radius 1 is 1.03 bits per heavy atom. The lowest BCUT2D eigenvalue weighted by molar-refractivity contribution is 0.0909. The van der Waals surface area contributed by atoms with E-state index in [2.05, 4.69) is 68.3 Å². The third kappa shape index (κ3) is 5.43. The number of carbonyl (C=O) groups is 1. The summed E-state index contributed by atoms with van der Waals surface area (Å²) in [6, 6.07) is 7.59. The lowest BCUT2D eigenvalue weighted by Gasteiger charge is -2.38. The first-order valence-electron chi connectivity index (χ1n) is 11.2. The maximum absolute atomic E-state index is 13.3. The molecule has 0 aliphatic heterocycles. The zero-order valence-electron chi connectivity index (χ0n) is 20.5. The minimum Gasteiger partial charge on any atom is -0.341 e. The first kappa shape index (κ1) is 24.8. The van der Waals surface area contributed by atoms with E-state index in [9.17, 15) is 4.79 Å². The molecule has 2 heterocycles. The summed E-state index contributed by atoms with van der Waals surface area (Å²) in [6.45, 7) is 19.6. The molecule has 0 bridgehead atoms. The van der Waals surface area contributed by atoms with E-state index in [1.807, 2.05) is 45.0 Å². The van der Waals surface area contributed by atoms with Gasteiger partial charge in [0.1, 0.15) is 13.8 Å². The Hall–Kier alpha value is -2.45. The van der Waals surface area contributed by atoms with E-state index in [1.54, 1.807) is 12.4 Å². The largest absolute Gasteiger partial charge is 0.341 e. The van der Waals surface area contributed by atoms with Crippen molar-refractivity contribution in [3.63, 3.8) is 0 Å². The van der Waals surface area contributed by atoms with Gasteiger partial charge < -0.3 is 5.32 Å². The van der Waals surface area contributed by atoms with Crippen molar-refractivity contribution in [2.75, 3.05) is 0 Å². The zero-order valence-corrected chi connectivity index (χ0v) is 21.5. The molecule has 0 unspecified atom stereocenters. The fourth-order valence-corrected chi connectivity index (χ4v) is 9.79. The Labute approximate surface area is 189 Å². The number of aromatic nitrogens is 2. The van der Waals surface area contributed by atoms with Crippen LogP contribution in [0.4, 0.5) is 0 Å². The predicted molar refractivity (Wildman–Crippen MR) is 132 cm³/mol. The predicted octanol–water partition coefficient (Wildman–Crippen LogP) is 6.02. The highest BCUT2D eigenvalue weighted by Crippen LogP contribution is 2.40. The van der Waals surface area contributed by atoms with Crippen molar-refractivity contribution in [3.8, 4) is 11.5 Å². The molecule has 0 atom stereocenters. The van der Waals surface area contributed by atoms with Gasteiger partial charge >= 0.3 is 0 Å². The van der Waals surface area contributed by atoms with Crippen molar-refractivity contribution < 1.29 is 4.79 Å². The van der Waals surface area contributed by atoms with Gasteiger partial charge in [0.25, 0.3) is 5.91 Å². The topological polar surface area (TPSA) is 54.9 Å². The van der Waals surface area contributed by atoms with Crippen LogP contribution in [-0.2, 0) is 5.54 Å². The van der Waals surface area contributed by atoms with Gasteiger partial charge in [-0.1, -0.05) is 53.5 Å². The molecular formula is C26H37N3OSi. The number of pyridine rings is 2. The second kappa shape index (κ2) is 9.78. The number of carbonyl (C=O) groups excluding carboxylic acids is 1. The van der Waals surface area contributed by atoms with Crippen LogP contribution in [-0.4, -0.2) is 23.9 Å². The smallest absolute Gasteiger partial charge is 0.254 e. The van der Waals surface area contributed by atoms with Crippen molar-refractivity contribution in [1.82, 2.24) is 15.3 Å². The highest BCUT2D eigenvalue weighted by molar-refractivity contribution is 6.90. The number of nitrogens with zero attached hydrogens (tertiary/aromatic N) is 2. The highest BCUT2D eigenvalue weighted by atomic mass is 28.3. The van der Waals surface area contributed by atoms with E-state index >= 15 is 0 Å². The lowest BCUT2D eigenvalue weighted by atomic mass is 9.98. The summed E-state index contributed by atoms with van der Waals surface area (Å²) in [5, 5.41) is 3.12. The molecule has 2 aromatic heterocycles. The van der Waals surface area contributed by atoms with Gasteiger partial charge in [-0.05, 0) is 61.2 Å². The van der Waals surface area contributed by atoms with Gasteiger partial charge in [-0.15, -0.1) is 5.54 Å². The number of nitrogens with one attached hydrogen (secondary N) is 1. The molecule has 0 fully saturated rings. The van der Waals surface area contributed by atoms with E-state index in [0.717, 1.165) is 11.3 Å². The normalized spacial score (nSPS) is 12.1. The van der Waals surface area contributed by atoms with E-state index in [1.165, 1.54) is 0 Å². The average Bonchev–Trinajstić information content (AvgIpc) is 2.68. The maximum Gasteiger partial charge on any atom is 0.254 e. The molecule has 0 saturated heterocycles. The van der Waals surface area contributed by atoms with Gasteiger partial charge in [0, 0.05) is 12.4 Å². The van der Waals surface area contributed by atoms with E-state index < -0.39 is 13.6 Å². The summed E-state index contributed by atoms with van der Waals surface area (Å²) in [7, 11) is -1.92. The van der Waals surface area contributed by atoms with Crippen LogP contribution < -0.4 is 5.32 Å². The number of aryl methyl sites for hydroxylation is 1. The molecule has 1 amide bonds. The average molecular weight is 436 g/mol. The first-order valence-corrected chi connectivity index (χ1v) is 13.4.